The van der Waals surface area contributed by atoms with Crippen LogP contribution < -0.4 is 31.2 Å². The van der Waals surface area contributed by atoms with Gasteiger partial charge in [0.05, 0.1) is 13.3 Å². The third-order valence-electron chi connectivity index (χ3n) is 5.19. The van der Waals surface area contributed by atoms with Crippen LogP contribution in [0.1, 0.15) is 18.4 Å². The van der Waals surface area contributed by atoms with Gasteiger partial charge in [0.25, 0.3) is 0 Å². The van der Waals surface area contributed by atoms with Gasteiger partial charge in [-0.1, -0.05) is 12.1 Å². The maximum absolute atomic E-state index is 13.8. The minimum Gasteiger partial charge on any atom is -0.497 e. The predicted octanol–water partition coefficient (Wildman–Crippen LogP) is 2.17. The number of halogens is 1. The summed E-state index contributed by atoms with van der Waals surface area (Å²) >= 11 is 0. The Labute approximate surface area is 175 Å². The summed E-state index contributed by atoms with van der Waals surface area (Å²) in [5.74, 6) is 0.0226. The van der Waals surface area contributed by atoms with Gasteiger partial charge in [-0.3, -0.25) is 5.73 Å². The quantitative estimate of drug-likeness (QED) is 0.558. The van der Waals surface area contributed by atoms with E-state index in [2.05, 4.69) is 20.9 Å². The smallest absolute Gasteiger partial charge is 0.221 e. The number of methoxy groups -OCH3 is 1. The van der Waals surface area contributed by atoms with E-state index < -0.39 is 5.79 Å². The fourth-order valence-corrected chi connectivity index (χ4v) is 3.50. The number of ether oxygens (including phenoxy) is 2. The fraction of sp³-hybridized carbons (Fsp3) is 0.318. The average molecular weight is 411 g/mol. The normalized spacial score (nSPS) is 23.2. The molecule has 2 aromatic carbocycles. The molecule has 2 aliphatic heterocycles. The van der Waals surface area contributed by atoms with Crippen LogP contribution in [-0.4, -0.2) is 32.5 Å². The van der Waals surface area contributed by atoms with Crippen molar-refractivity contribution in [2.45, 2.75) is 24.7 Å². The first-order valence-corrected chi connectivity index (χ1v) is 9.97. The van der Waals surface area contributed by atoms with Crippen LogP contribution >= 0.6 is 0 Å². The lowest BCUT2D eigenvalue weighted by Gasteiger charge is -2.33. The Hall–Kier alpha value is -3.10. The first-order chi connectivity index (χ1) is 14.6. The first-order valence-electron chi connectivity index (χ1n) is 9.97. The minimum atomic E-state index is -1.35. The second kappa shape index (κ2) is 8.73. The summed E-state index contributed by atoms with van der Waals surface area (Å²) in [4.78, 5) is 4.45. The SMILES string of the molecule is COc1ccc(OC2=C(NC[C@@H]3CCCN3)C=NC(N)(c3cccc(F)c3)N2)cc1. The van der Waals surface area contributed by atoms with Crippen LogP contribution in [0.25, 0.3) is 0 Å². The van der Waals surface area contributed by atoms with Gasteiger partial charge < -0.3 is 25.4 Å². The summed E-state index contributed by atoms with van der Waals surface area (Å²) in [6.07, 6.45) is 3.91. The lowest BCUT2D eigenvalue weighted by atomic mass is 10.1. The molecule has 0 amide bonds. The van der Waals surface area contributed by atoms with Crippen molar-refractivity contribution in [2.75, 3.05) is 20.2 Å². The molecule has 1 unspecified atom stereocenters. The largest absolute Gasteiger partial charge is 0.497 e. The zero-order valence-electron chi connectivity index (χ0n) is 16.8. The molecule has 2 aromatic rings. The molecule has 30 heavy (non-hydrogen) atoms. The summed E-state index contributed by atoms with van der Waals surface area (Å²) in [7, 11) is 1.61. The molecule has 7 nitrogen and oxygen atoms in total. The molecular formula is C22H26FN5O2. The summed E-state index contributed by atoms with van der Waals surface area (Å²) in [5, 5.41) is 9.97. The molecule has 0 spiro atoms. The molecule has 2 heterocycles. The summed E-state index contributed by atoms with van der Waals surface area (Å²) < 4.78 is 25.1. The van der Waals surface area contributed by atoms with Crippen LogP contribution in [0.3, 0.4) is 0 Å². The maximum Gasteiger partial charge on any atom is 0.221 e. The van der Waals surface area contributed by atoms with Gasteiger partial charge in [0.15, 0.2) is 0 Å². The van der Waals surface area contributed by atoms with Gasteiger partial charge in [0.1, 0.15) is 23.0 Å². The Balaban J connectivity index is 1.59. The van der Waals surface area contributed by atoms with Gasteiger partial charge in [-0.25, -0.2) is 9.38 Å². The minimum absolute atomic E-state index is 0.382. The summed E-state index contributed by atoms with van der Waals surface area (Å²) in [6.45, 7) is 1.76. The van der Waals surface area contributed by atoms with Crippen molar-refractivity contribution >= 4 is 6.21 Å². The van der Waals surface area contributed by atoms with Crippen LogP contribution in [-0.2, 0) is 5.79 Å². The molecule has 0 aromatic heterocycles. The molecule has 0 bridgehead atoms. The fourth-order valence-electron chi connectivity index (χ4n) is 3.50. The lowest BCUT2D eigenvalue weighted by molar-refractivity contribution is 0.282. The number of rotatable bonds is 7. The number of allylic oxidation sites excluding steroid dienone is 1. The maximum atomic E-state index is 13.8. The van der Waals surface area contributed by atoms with E-state index in [0.29, 0.717) is 28.9 Å². The Morgan fingerprint density at radius 3 is 2.73 bits per heavy atom. The molecule has 1 saturated heterocycles. The highest BCUT2D eigenvalue weighted by Crippen LogP contribution is 2.26. The van der Waals surface area contributed by atoms with E-state index in [4.69, 9.17) is 15.2 Å². The molecule has 5 N–H and O–H groups in total. The van der Waals surface area contributed by atoms with E-state index in [1.54, 1.807) is 37.6 Å². The van der Waals surface area contributed by atoms with Crippen LogP contribution in [0.4, 0.5) is 4.39 Å². The number of nitrogens with one attached hydrogen (secondary N) is 3. The molecule has 2 aliphatic rings. The standard InChI is InChI=1S/C22H26FN5O2/c1-29-18-7-9-19(10-8-18)30-21-20(26-13-17-6-3-11-25-17)14-27-22(24,28-21)15-4-2-5-16(23)12-15/h2,4-5,7-10,12,14,17,25-26,28H,3,6,11,13,24H2,1H3/t17-,22?/m0/s1. The van der Waals surface area contributed by atoms with E-state index in [1.807, 2.05) is 12.1 Å². The molecule has 8 heteroatoms. The molecule has 0 saturated carbocycles. The van der Waals surface area contributed by atoms with Crippen LogP contribution in [0.2, 0.25) is 0 Å². The Bertz CT molecular complexity index is 941. The van der Waals surface area contributed by atoms with E-state index >= 15 is 0 Å². The summed E-state index contributed by atoms with van der Waals surface area (Å²) in [5.41, 5.74) is 7.64. The number of nitrogens with two attached hydrogens (primary N) is 1. The van der Waals surface area contributed by atoms with Gasteiger partial charge >= 0.3 is 0 Å². The van der Waals surface area contributed by atoms with Gasteiger partial charge in [-0.2, -0.15) is 0 Å². The first kappa shape index (κ1) is 20.2. The average Bonchev–Trinajstić information content (AvgIpc) is 3.27. The summed E-state index contributed by atoms with van der Waals surface area (Å²) in [6, 6.07) is 13.7. The van der Waals surface area contributed by atoms with Crippen molar-refractivity contribution in [3.05, 3.63) is 71.5 Å². The molecule has 4 rings (SSSR count). The Morgan fingerprint density at radius 2 is 2.03 bits per heavy atom. The number of hydrogen-bond donors (Lipinski definition) is 4. The topological polar surface area (TPSA) is 92.9 Å². The predicted molar refractivity (Wildman–Crippen MR) is 114 cm³/mol. The zero-order valence-corrected chi connectivity index (χ0v) is 16.8. The number of hydrogen-bond acceptors (Lipinski definition) is 7. The molecule has 158 valence electrons. The van der Waals surface area contributed by atoms with Crippen molar-refractivity contribution in [3.8, 4) is 11.5 Å². The molecule has 2 atom stereocenters. The third-order valence-corrected chi connectivity index (χ3v) is 5.19. The monoisotopic (exact) mass is 411 g/mol. The van der Waals surface area contributed by atoms with Crippen LogP contribution in [0.5, 0.6) is 11.5 Å². The molecule has 1 fully saturated rings. The highest BCUT2D eigenvalue weighted by molar-refractivity contribution is 5.80. The Morgan fingerprint density at radius 1 is 1.23 bits per heavy atom. The van der Waals surface area contributed by atoms with Gasteiger partial charge in [0.2, 0.25) is 11.7 Å². The molecule has 0 radical (unpaired) electrons. The van der Waals surface area contributed by atoms with Crippen molar-refractivity contribution in [3.63, 3.8) is 0 Å². The van der Waals surface area contributed by atoms with Gasteiger partial charge in [-0.15, -0.1) is 0 Å². The number of nitrogens with zero attached hydrogens (tertiary/aromatic N) is 1. The van der Waals surface area contributed by atoms with E-state index in [1.165, 1.54) is 18.6 Å². The van der Waals surface area contributed by atoms with Crippen molar-refractivity contribution in [1.29, 1.82) is 0 Å². The number of benzene rings is 2. The zero-order chi connectivity index (χ0) is 21.0. The molecular weight excluding hydrogens is 385 g/mol. The van der Waals surface area contributed by atoms with Crippen molar-refractivity contribution < 1.29 is 13.9 Å². The second-order valence-electron chi connectivity index (χ2n) is 7.35. The Kier molecular flexibility index (Phi) is 5.87. The highest BCUT2D eigenvalue weighted by Gasteiger charge is 2.32. The lowest BCUT2D eigenvalue weighted by Crippen LogP contribution is -2.53. The van der Waals surface area contributed by atoms with E-state index in [-0.39, 0.29) is 5.82 Å². The van der Waals surface area contributed by atoms with Crippen LogP contribution in [0, 0.1) is 5.82 Å². The second-order valence-corrected chi connectivity index (χ2v) is 7.35. The highest BCUT2D eigenvalue weighted by atomic mass is 19.1. The van der Waals surface area contributed by atoms with Gasteiger partial charge in [-0.05, 0) is 55.8 Å². The number of aliphatic imine (C=N–C) groups is 1. The molecule has 0 aliphatic carbocycles. The third kappa shape index (κ3) is 4.55. The van der Waals surface area contributed by atoms with Gasteiger partial charge in [0, 0.05) is 18.2 Å². The van der Waals surface area contributed by atoms with Crippen LogP contribution in [0.15, 0.2) is 65.1 Å². The van der Waals surface area contributed by atoms with E-state index in [0.717, 1.165) is 25.3 Å². The van der Waals surface area contributed by atoms with Crippen molar-refractivity contribution in [1.82, 2.24) is 16.0 Å². The van der Waals surface area contributed by atoms with Crippen molar-refractivity contribution in [2.24, 2.45) is 10.7 Å². The van der Waals surface area contributed by atoms with E-state index in [9.17, 15) is 4.39 Å².